The van der Waals surface area contributed by atoms with Crippen molar-refractivity contribution >= 4 is 5.91 Å². The largest absolute Gasteiger partial charge is 0.384 e. The van der Waals surface area contributed by atoms with Crippen LogP contribution in [0.2, 0.25) is 0 Å². The Morgan fingerprint density at radius 2 is 2.17 bits per heavy atom. The van der Waals surface area contributed by atoms with Gasteiger partial charge in [0.15, 0.2) is 0 Å². The molecule has 134 valence electrons. The van der Waals surface area contributed by atoms with Crippen molar-refractivity contribution in [3.05, 3.63) is 22.2 Å². The molecule has 1 saturated heterocycles. The van der Waals surface area contributed by atoms with E-state index in [1.54, 1.807) is 0 Å². The van der Waals surface area contributed by atoms with Crippen molar-refractivity contribution < 1.29 is 9.32 Å². The van der Waals surface area contributed by atoms with Crippen molar-refractivity contribution in [2.75, 3.05) is 26.2 Å². The molecule has 1 aromatic heterocycles. The van der Waals surface area contributed by atoms with E-state index >= 15 is 0 Å². The highest BCUT2D eigenvalue weighted by Crippen LogP contribution is 2.31. The van der Waals surface area contributed by atoms with Crippen molar-refractivity contribution in [2.45, 2.75) is 52.0 Å². The molecule has 1 amide bonds. The number of nitrogens with one attached hydrogen (secondary N) is 1. The van der Waals surface area contributed by atoms with Crippen LogP contribution in [-0.2, 0) is 11.2 Å². The number of rotatable bonds is 6. The molecule has 0 radical (unpaired) electrons. The standard InChI is InChI=1S/C18H29N3O3/c1-13(2)16-12-21(9-3-8-20(16)11-14-4-5-14)18(23)7-6-15-10-17(22)19-24-15/h10,13-14,16H,3-9,11-12H2,1-2H3,(H,19,22)/t16-/m0/s1. The fraction of sp³-hybridized carbons (Fsp3) is 0.778. The quantitative estimate of drug-likeness (QED) is 0.862. The first kappa shape index (κ1) is 17.3. The van der Waals surface area contributed by atoms with Gasteiger partial charge in [0.05, 0.1) is 0 Å². The SMILES string of the molecule is CC(C)[C@@H]1CN(C(=O)CCc2cc(=O)[nH]o2)CCCN1CC1CC1. The van der Waals surface area contributed by atoms with Crippen LogP contribution in [0, 0.1) is 11.8 Å². The fourth-order valence-electron chi connectivity index (χ4n) is 3.61. The molecule has 2 aliphatic rings. The molecule has 2 heterocycles. The number of hydrogen-bond acceptors (Lipinski definition) is 4. The minimum Gasteiger partial charge on any atom is -0.384 e. The third kappa shape index (κ3) is 4.50. The number of carbonyl (C=O) groups excluding carboxylic acids is 1. The Kier molecular flexibility index (Phi) is 5.43. The summed E-state index contributed by atoms with van der Waals surface area (Å²) in [6.45, 7) is 8.45. The normalized spacial score (nSPS) is 22.8. The van der Waals surface area contributed by atoms with Gasteiger partial charge in [-0.25, -0.2) is 0 Å². The van der Waals surface area contributed by atoms with Crippen LogP contribution < -0.4 is 5.56 Å². The first-order valence-electron chi connectivity index (χ1n) is 9.22. The van der Waals surface area contributed by atoms with Crippen molar-refractivity contribution in [1.29, 1.82) is 0 Å². The Hall–Kier alpha value is -1.56. The van der Waals surface area contributed by atoms with E-state index in [1.807, 2.05) is 4.90 Å². The zero-order valence-electron chi connectivity index (χ0n) is 14.8. The van der Waals surface area contributed by atoms with Crippen molar-refractivity contribution in [1.82, 2.24) is 15.0 Å². The monoisotopic (exact) mass is 335 g/mol. The second-order valence-corrected chi connectivity index (χ2v) is 7.62. The van der Waals surface area contributed by atoms with E-state index in [2.05, 4.69) is 23.9 Å². The summed E-state index contributed by atoms with van der Waals surface area (Å²) in [6.07, 6.45) is 4.65. The molecule has 1 aliphatic heterocycles. The van der Waals surface area contributed by atoms with Crippen LogP contribution in [0.15, 0.2) is 15.4 Å². The Balaban J connectivity index is 1.57. The number of amides is 1. The summed E-state index contributed by atoms with van der Waals surface area (Å²) in [4.78, 5) is 28.3. The molecule has 6 nitrogen and oxygen atoms in total. The Bertz CT molecular complexity index is 603. The summed E-state index contributed by atoms with van der Waals surface area (Å²) in [6, 6.07) is 1.87. The maximum absolute atomic E-state index is 12.6. The minimum atomic E-state index is -0.247. The highest BCUT2D eigenvalue weighted by atomic mass is 16.5. The van der Waals surface area contributed by atoms with E-state index in [-0.39, 0.29) is 11.5 Å². The molecule has 0 bridgehead atoms. The number of H-pyrrole nitrogens is 1. The van der Waals surface area contributed by atoms with Crippen molar-refractivity contribution in [2.24, 2.45) is 11.8 Å². The van der Waals surface area contributed by atoms with E-state index in [4.69, 9.17) is 4.52 Å². The lowest BCUT2D eigenvalue weighted by Gasteiger charge is -2.34. The smallest absolute Gasteiger partial charge is 0.280 e. The molecular weight excluding hydrogens is 306 g/mol. The van der Waals surface area contributed by atoms with E-state index in [0.29, 0.717) is 30.6 Å². The van der Waals surface area contributed by atoms with Gasteiger partial charge in [-0.2, -0.15) is 5.16 Å². The molecule has 3 rings (SSSR count). The molecule has 1 saturated carbocycles. The molecule has 0 unspecified atom stereocenters. The lowest BCUT2D eigenvalue weighted by molar-refractivity contribution is -0.131. The molecule has 0 aromatic carbocycles. The summed E-state index contributed by atoms with van der Waals surface area (Å²) in [5, 5.41) is 2.27. The van der Waals surface area contributed by atoms with Gasteiger partial charge in [-0.15, -0.1) is 0 Å². The molecule has 1 N–H and O–H groups in total. The van der Waals surface area contributed by atoms with Gasteiger partial charge < -0.3 is 9.42 Å². The maximum atomic E-state index is 12.6. The van der Waals surface area contributed by atoms with Crippen molar-refractivity contribution in [3.63, 3.8) is 0 Å². The highest BCUT2D eigenvalue weighted by Gasteiger charge is 2.33. The Morgan fingerprint density at radius 3 is 2.79 bits per heavy atom. The predicted molar refractivity (Wildman–Crippen MR) is 91.8 cm³/mol. The minimum absolute atomic E-state index is 0.165. The second kappa shape index (κ2) is 7.55. The molecular formula is C18H29N3O3. The van der Waals surface area contributed by atoms with E-state index in [0.717, 1.165) is 32.0 Å². The van der Waals surface area contributed by atoms with Crippen molar-refractivity contribution in [3.8, 4) is 0 Å². The lowest BCUT2D eigenvalue weighted by Crippen LogP contribution is -2.46. The molecule has 1 aromatic rings. The fourth-order valence-corrected chi connectivity index (χ4v) is 3.61. The van der Waals surface area contributed by atoms with Crippen LogP contribution in [0.5, 0.6) is 0 Å². The van der Waals surface area contributed by atoms with Gasteiger partial charge in [-0.1, -0.05) is 13.8 Å². The highest BCUT2D eigenvalue weighted by molar-refractivity contribution is 5.76. The summed E-state index contributed by atoms with van der Waals surface area (Å²) in [5.41, 5.74) is -0.247. The van der Waals surface area contributed by atoms with Gasteiger partial charge in [0.1, 0.15) is 5.76 Å². The number of aromatic amines is 1. The summed E-state index contributed by atoms with van der Waals surface area (Å²) in [5.74, 6) is 2.14. The number of carbonyl (C=O) groups is 1. The number of hydrogen-bond donors (Lipinski definition) is 1. The third-order valence-electron chi connectivity index (χ3n) is 5.22. The van der Waals surface area contributed by atoms with Gasteiger partial charge in [0.25, 0.3) is 5.56 Å². The topological polar surface area (TPSA) is 69.5 Å². The van der Waals surface area contributed by atoms with E-state index in [9.17, 15) is 9.59 Å². The van der Waals surface area contributed by atoms with Crippen LogP contribution in [0.4, 0.5) is 0 Å². The third-order valence-corrected chi connectivity index (χ3v) is 5.22. The molecule has 0 spiro atoms. The van der Waals surface area contributed by atoms with Gasteiger partial charge in [-0.3, -0.25) is 14.5 Å². The van der Waals surface area contributed by atoms with E-state index < -0.39 is 0 Å². The predicted octanol–water partition coefficient (Wildman–Crippen LogP) is 1.87. The van der Waals surface area contributed by atoms with Gasteiger partial charge in [0, 0.05) is 51.1 Å². The van der Waals surface area contributed by atoms with Gasteiger partial charge >= 0.3 is 0 Å². The second-order valence-electron chi connectivity index (χ2n) is 7.62. The van der Waals surface area contributed by atoms with Crippen LogP contribution in [0.1, 0.15) is 45.3 Å². The van der Waals surface area contributed by atoms with Gasteiger partial charge in [-0.05, 0) is 31.1 Å². The molecule has 1 aliphatic carbocycles. The van der Waals surface area contributed by atoms with Crippen LogP contribution in [-0.4, -0.2) is 53.1 Å². The van der Waals surface area contributed by atoms with Crippen LogP contribution in [0.25, 0.3) is 0 Å². The van der Waals surface area contributed by atoms with E-state index in [1.165, 1.54) is 25.5 Å². The maximum Gasteiger partial charge on any atom is 0.280 e. The Labute approximate surface area is 143 Å². The first-order valence-corrected chi connectivity index (χ1v) is 9.22. The molecule has 2 fully saturated rings. The summed E-state index contributed by atoms with van der Waals surface area (Å²) >= 11 is 0. The van der Waals surface area contributed by atoms with Crippen LogP contribution in [0.3, 0.4) is 0 Å². The Morgan fingerprint density at radius 1 is 1.38 bits per heavy atom. The first-order chi connectivity index (χ1) is 11.5. The molecule has 24 heavy (non-hydrogen) atoms. The van der Waals surface area contributed by atoms with Gasteiger partial charge in [0.2, 0.25) is 5.91 Å². The zero-order chi connectivity index (χ0) is 17.1. The lowest BCUT2D eigenvalue weighted by atomic mass is 10.0. The summed E-state index contributed by atoms with van der Waals surface area (Å²) in [7, 11) is 0. The average molecular weight is 335 g/mol. The van der Waals surface area contributed by atoms with Crippen LogP contribution >= 0.6 is 0 Å². The molecule has 1 atom stereocenters. The number of nitrogens with zero attached hydrogens (tertiary/aromatic N) is 2. The summed E-state index contributed by atoms with van der Waals surface area (Å²) < 4.78 is 5.04. The molecule has 6 heteroatoms. The number of aromatic nitrogens is 1. The number of aryl methyl sites for hydroxylation is 1. The average Bonchev–Trinajstić information content (AvgIpc) is 3.30. The zero-order valence-corrected chi connectivity index (χ0v) is 14.8.